The highest BCUT2D eigenvalue weighted by atomic mass is 19.4. The summed E-state index contributed by atoms with van der Waals surface area (Å²) in [7, 11) is 1.57. The van der Waals surface area contributed by atoms with Crippen LogP contribution in [-0.2, 0) is 9.47 Å². The fourth-order valence-electron chi connectivity index (χ4n) is 5.58. The Bertz CT molecular complexity index is 718. The normalized spacial score (nSPS) is 35.1. The molecule has 0 aliphatic heterocycles. The SMILES string of the molecule is COCOC1CCC(C2CCC(C3(F)C=CC(C(F)(F)C(F)C(F)(F)F)=C(F)C3)CC2)CC1. The molecule has 2 saturated carbocycles. The van der Waals surface area contributed by atoms with Gasteiger partial charge < -0.3 is 9.47 Å². The van der Waals surface area contributed by atoms with Gasteiger partial charge in [0.25, 0.3) is 6.17 Å². The minimum atomic E-state index is -5.86. The lowest BCUT2D eigenvalue weighted by Gasteiger charge is -2.42. The summed E-state index contributed by atoms with van der Waals surface area (Å²) in [5, 5.41) is 0. The number of ether oxygens (including phenoxy) is 2. The third kappa shape index (κ3) is 5.92. The van der Waals surface area contributed by atoms with E-state index in [1.807, 2.05) is 0 Å². The van der Waals surface area contributed by atoms with Crippen LogP contribution in [-0.4, -0.2) is 43.9 Å². The Balaban J connectivity index is 1.56. The van der Waals surface area contributed by atoms with Crippen molar-refractivity contribution in [2.24, 2.45) is 17.8 Å². The largest absolute Gasteiger partial charge is 0.426 e. The average molecular weight is 490 g/mol. The van der Waals surface area contributed by atoms with Crippen LogP contribution in [0.2, 0.25) is 0 Å². The number of alkyl halides is 7. The Hall–Kier alpha value is -1.16. The Morgan fingerprint density at radius 1 is 0.970 bits per heavy atom. The van der Waals surface area contributed by atoms with Gasteiger partial charge in [0.15, 0.2) is 0 Å². The highest BCUT2D eigenvalue weighted by Crippen LogP contribution is 2.50. The second-order valence-corrected chi connectivity index (χ2v) is 9.50. The molecule has 0 aromatic carbocycles. The van der Waals surface area contributed by atoms with Crippen LogP contribution in [0.4, 0.5) is 35.1 Å². The van der Waals surface area contributed by atoms with Crippen LogP contribution >= 0.6 is 0 Å². The predicted molar refractivity (Wildman–Crippen MR) is 106 cm³/mol. The molecule has 0 saturated heterocycles. The fourth-order valence-corrected chi connectivity index (χ4v) is 5.58. The van der Waals surface area contributed by atoms with Crippen molar-refractivity contribution in [3.05, 3.63) is 23.6 Å². The first-order valence-corrected chi connectivity index (χ1v) is 11.3. The lowest BCUT2D eigenvalue weighted by Crippen LogP contribution is -2.44. The van der Waals surface area contributed by atoms with E-state index < -0.39 is 47.7 Å². The first-order chi connectivity index (χ1) is 15.4. The third-order valence-electron chi connectivity index (χ3n) is 7.47. The summed E-state index contributed by atoms with van der Waals surface area (Å²) in [5.74, 6) is -6.61. The van der Waals surface area contributed by atoms with Gasteiger partial charge >= 0.3 is 12.1 Å². The van der Waals surface area contributed by atoms with Crippen LogP contribution in [0.15, 0.2) is 23.6 Å². The maximum atomic E-state index is 15.5. The lowest BCUT2D eigenvalue weighted by atomic mass is 9.66. The second kappa shape index (κ2) is 10.2. The van der Waals surface area contributed by atoms with E-state index in [1.165, 1.54) is 0 Å². The van der Waals surface area contributed by atoms with Crippen molar-refractivity contribution < 1.29 is 44.6 Å². The molecule has 2 nitrogen and oxygen atoms in total. The smallest absolute Gasteiger partial charge is 0.359 e. The molecular weight excluding hydrogens is 460 g/mol. The minimum absolute atomic E-state index is 0.169. The summed E-state index contributed by atoms with van der Waals surface area (Å²) in [5.41, 5.74) is -4.01. The molecule has 33 heavy (non-hydrogen) atoms. The molecule has 0 aromatic rings. The van der Waals surface area contributed by atoms with Crippen LogP contribution in [0.1, 0.15) is 57.8 Å². The van der Waals surface area contributed by atoms with Crippen LogP contribution in [0, 0.1) is 17.8 Å². The molecule has 190 valence electrons. The maximum absolute atomic E-state index is 15.5. The first-order valence-electron chi connectivity index (χ1n) is 11.3. The molecule has 3 rings (SSSR count). The van der Waals surface area contributed by atoms with E-state index in [0.29, 0.717) is 49.7 Å². The molecule has 0 N–H and O–H groups in total. The van der Waals surface area contributed by atoms with Gasteiger partial charge in [0, 0.05) is 13.5 Å². The standard InChI is InChI=1S/C23H30F8O2/c1-32-13-33-17-8-4-15(5-9-17)14-2-6-16(7-3-14)21(26)11-10-18(19(24)12-21)22(27,28)20(25)23(29,30)31/h10-11,14-17,20H,2-9,12-13H2,1H3. The summed E-state index contributed by atoms with van der Waals surface area (Å²) >= 11 is 0. The third-order valence-corrected chi connectivity index (χ3v) is 7.47. The van der Waals surface area contributed by atoms with Crippen LogP contribution < -0.4 is 0 Å². The van der Waals surface area contributed by atoms with Gasteiger partial charge in [-0.3, -0.25) is 0 Å². The predicted octanol–water partition coefficient (Wildman–Crippen LogP) is 7.40. The molecule has 0 bridgehead atoms. The number of halogens is 8. The molecule has 0 amide bonds. The van der Waals surface area contributed by atoms with Gasteiger partial charge in [0.2, 0.25) is 0 Å². The van der Waals surface area contributed by atoms with Gasteiger partial charge in [-0.25, -0.2) is 13.2 Å². The van der Waals surface area contributed by atoms with Gasteiger partial charge in [0.05, 0.1) is 11.7 Å². The van der Waals surface area contributed by atoms with Crippen molar-refractivity contribution in [1.29, 1.82) is 0 Å². The Labute approximate surface area is 188 Å². The molecule has 0 aromatic heterocycles. The summed E-state index contributed by atoms with van der Waals surface area (Å²) in [4.78, 5) is 0. The minimum Gasteiger partial charge on any atom is -0.359 e. The quantitative estimate of drug-likeness (QED) is 0.274. The zero-order chi connectivity index (χ0) is 24.4. The second-order valence-electron chi connectivity index (χ2n) is 9.50. The fraction of sp³-hybridized carbons (Fsp3) is 0.826. The Morgan fingerprint density at radius 2 is 1.52 bits per heavy atom. The van der Waals surface area contributed by atoms with E-state index >= 15 is 4.39 Å². The molecule has 0 spiro atoms. The molecule has 2 fully saturated rings. The van der Waals surface area contributed by atoms with Crippen LogP contribution in [0.5, 0.6) is 0 Å². The van der Waals surface area contributed by atoms with Gasteiger partial charge in [-0.2, -0.15) is 22.0 Å². The monoisotopic (exact) mass is 490 g/mol. The van der Waals surface area contributed by atoms with E-state index in [4.69, 9.17) is 9.47 Å². The molecule has 2 unspecified atom stereocenters. The van der Waals surface area contributed by atoms with E-state index in [2.05, 4.69) is 0 Å². The van der Waals surface area contributed by atoms with E-state index in [0.717, 1.165) is 25.7 Å². The van der Waals surface area contributed by atoms with Crippen molar-refractivity contribution in [3.63, 3.8) is 0 Å². The summed E-state index contributed by atoms with van der Waals surface area (Å²) < 4.78 is 119. The topological polar surface area (TPSA) is 18.5 Å². The average Bonchev–Trinajstić information content (AvgIpc) is 2.77. The van der Waals surface area contributed by atoms with Gasteiger partial charge in [0.1, 0.15) is 18.3 Å². The van der Waals surface area contributed by atoms with E-state index in [9.17, 15) is 30.7 Å². The maximum Gasteiger partial charge on any atom is 0.426 e. The molecule has 10 heteroatoms. The van der Waals surface area contributed by atoms with Crippen molar-refractivity contribution in [2.75, 3.05) is 13.9 Å². The van der Waals surface area contributed by atoms with Crippen LogP contribution in [0.25, 0.3) is 0 Å². The lowest BCUT2D eigenvalue weighted by molar-refractivity contribution is -0.233. The summed E-state index contributed by atoms with van der Waals surface area (Å²) in [6.45, 7) is 0.257. The number of rotatable bonds is 7. The number of methoxy groups -OCH3 is 1. The van der Waals surface area contributed by atoms with Gasteiger partial charge in [-0.1, -0.05) is 6.08 Å². The van der Waals surface area contributed by atoms with E-state index in [-0.39, 0.29) is 12.9 Å². The first kappa shape index (κ1) is 26.4. The van der Waals surface area contributed by atoms with E-state index in [1.54, 1.807) is 7.11 Å². The molecular formula is C23H30F8O2. The van der Waals surface area contributed by atoms with Crippen molar-refractivity contribution in [1.82, 2.24) is 0 Å². The molecule has 0 heterocycles. The van der Waals surface area contributed by atoms with Crippen LogP contribution in [0.3, 0.4) is 0 Å². The van der Waals surface area contributed by atoms with Crippen molar-refractivity contribution >= 4 is 0 Å². The summed E-state index contributed by atoms with van der Waals surface area (Å²) in [6, 6.07) is 0. The molecule has 0 radical (unpaired) electrons. The highest BCUT2D eigenvalue weighted by Gasteiger charge is 2.60. The van der Waals surface area contributed by atoms with Gasteiger partial charge in [-0.05, 0) is 75.2 Å². The molecule has 2 atom stereocenters. The van der Waals surface area contributed by atoms with Gasteiger partial charge in [-0.15, -0.1) is 0 Å². The zero-order valence-corrected chi connectivity index (χ0v) is 18.5. The highest BCUT2D eigenvalue weighted by molar-refractivity contribution is 5.38. The Kier molecular flexibility index (Phi) is 8.19. The number of hydrogen-bond donors (Lipinski definition) is 0. The Morgan fingerprint density at radius 3 is 2.00 bits per heavy atom. The number of allylic oxidation sites excluding steroid dienone is 4. The molecule has 3 aliphatic carbocycles. The van der Waals surface area contributed by atoms with Crippen molar-refractivity contribution in [2.45, 2.75) is 87.8 Å². The summed E-state index contributed by atoms with van der Waals surface area (Å²) in [6.07, 6.45) is -4.24. The number of hydrogen-bond acceptors (Lipinski definition) is 2. The molecule has 3 aliphatic rings. The van der Waals surface area contributed by atoms with Crippen molar-refractivity contribution in [3.8, 4) is 0 Å². The zero-order valence-electron chi connectivity index (χ0n) is 18.5.